The van der Waals surface area contributed by atoms with Crippen molar-refractivity contribution in [2.75, 3.05) is 18.4 Å². The molecule has 0 saturated heterocycles. The summed E-state index contributed by atoms with van der Waals surface area (Å²) >= 11 is 0. The Morgan fingerprint density at radius 3 is 2.38 bits per heavy atom. The van der Waals surface area contributed by atoms with Gasteiger partial charge < -0.3 is 9.47 Å². The molecule has 1 aromatic heterocycles. The molecule has 1 N–H and O–H groups in total. The third-order valence-electron chi connectivity index (χ3n) is 8.02. The van der Waals surface area contributed by atoms with Crippen molar-refractivity contribution in [3.05, 3.63) is 65.2 Å². The number of benzene rings is 2. The SMILES string of the molecule is COC1CC(C2c3cccc(c3)S(=O)(=O)Nc3nc(cc(-c4c(C)cccc4C)n3)OC[C@H]2CC(C)(C)C)C1. The molecule has 208 valence electrons. The van der Waals surface area contributed by atoms with Gasteiger partial charge in [0.1, 0.15) is 0 Å². The molecule has 2 aromatic carbocycles. The summed E-state index contributed by atoms with van der Waals surface area (Å²) in [5, 5.41) is 0. The van der Waals surface area contributed by atoms with Crippen molar-refractivity contribution in [3.8, 4) is 17.1 Å². The van der Waals surface area contributed by atoms with Crippen molar-refractivity contribution >= 4 is 16.0 Å². The first-order valence-electron chi connectivity index (χ1n) is 13.7. The van der Waals surface area contributed by atoms with Crippen molar-refractivity contribution in [1.82, 2.24) is 9.97 Å². The molecule has 1 fully saturated rings. The zero-order valence-electron chi connectivity index (χ0n) is 23.7. The van der Waals surface area contributed by atoms with Gasteiger partial charge in [-0.3, -0.25) is 0 Å². The van der Waals surface area contributed by atoms with Gasteiger partial charge in [0.25, 0.3) is 10.0 Å². The Hall–Kier alpha value is -2.97. The molecule has 1 saturated carbocycles. The molecule has 2 heterocycles. The minimum absolute atomic E-state index is 0.00183. The zero-order chi connectivity index (χ0) is 27.9. The highest BCUT2D eigenvalue weighted by molar-refractivity contribution is 7.92. The second-order valence-corrected chi connectivity index (χ2v) is 14.0. The minimum atomic E-state index is -3.93. The van der Waals surface area contributed by atoms with E-state index in [4.69, 9.17) is 9.47 Å². The number of hydrogen-bond acceptors (Lipinski definition) is 6. The van der Waals surface area contributed by atoms with E-state index in [9.17, 15) is 8.42 Å². The van der Waals surface area contributed by atoms with E-state index in [1.165, 1.54) is 0 Å². The molecule has 8 heteroatoms. The molecule has 0 spiro atoms. The predicted molar refractivity (Wildman–Crippen MR) is 154 cm³/mol. The quantitative estimate of drug-likeness (QED) is 0.399. The number of hydrogen-bond donors (Lipinski definition) is 1. The van der Waals surface area contributed by atoms with Crippen LogP contribution in [0.2, 0.25) is 0 Å². The molecule has 1 aliphatic carbocycles. The van der Waals surface area contributed by atoms with Crippen LogP contribution in [0, 0.1) is 31.1 Å². The maximum absolute atomic E-state index is 13.6. The number of aryl methyl sites for hydroxylation is 2. The van der Waals surface area contributed by atoms with Crippen LogP contribution in [0.3, 0.4) is 0 Å². The van der Waals surface area contributed by atoms with Crippen LogP contribution < -0.4 is 9.46 Å². The molecule has 39 heavy (non-hydrogen) atoms. The van der Waals surface area contributed by atoms with Gasteiger partial charge in [-0.15, -0.1) is 0 Å². The van der Waals surface area contributed by atoms with Crippen molar-refractivity contribution in [3.63, 3.8) is 0 Å². The summed E-state index contributed by atoms with van der Waals surface area (Å²) in [6.45, 7) is 11.2. The second-order valence-electron chi connectivity index (χ2n) is 12.3. The van der Waals surface area contributed by atoms with E-state index in [-0.39, 0.29) is 34.2 Å². The Labute approximate surface area is 232 Å². The maximum atomic E-state index is 13.6. The van der Waals surface area contributed by atoms with Crippen molar-refractivity contribution in [1.29, 1.82) is 0 Å². The summed E-state index contributed by atoms with van der Waals surface area (Å²) in [6, 6.07) is 15.2. The number of rotatable bonds is 4. The van der Waals surface area contributed by atoms with E-state index >= 15 is 0 Å². The molecule has 1 aliphatic heterocycles. The summed E-state index contributed by atoms with van der Waals surface area (Å²) in [4.78, 5) is 9.34. The average molecular weight is 550 g/mol. The van der Waals surface area contributed by atoms with Crippen molar-refractivity contribution in [2.45, 2.75) is 70.8 Å². The van der Waals surface area contributed by atoms with Gasteiger partial charge in [0, 0.05) is 24.7 Å². The van der Waals surface area contributed by atoms with E-state index in [1.807, 2.05) is 50.2 Å². The van der Waals surface area contributed by atoms with E-state index in [2.05, 4.69) is 41.5 Å². The van der Waals surface area contributed by atoms with Gasteiger partial charge >= 0.3 is 0 Å². The first kappa shape index (κ1) is 27.6. The van der Waals surface area contributed by atoms with Crippen LogP contribution >= 0.6 is 0 Å². The van der Waals surface area contributed by atoms with Crippen LogP contribution in [-0.2, 0) is 14.8 Å². The lowest BCUT2D eigenvalue weighted by molar-refractivity contribution is -0.0223. The molecular weight excluding hydrogens is 510 g/mol. The molecule has 7 nitrogen and oxygen atoms in total. The third kappa shape index (κ3) is 5.97. The summed E-state index contributed by atoms with van der Waals surface area (Å²) in [6.07, 6.45) is 3.06. The van der Waals surface area contributed by atoms with E-state index in [0.29, 0.717) is 24.1 Å². The monoisotopic (exact) mass is 549 g/mol. The lowest BCUT2D eigenvalue weighted by atomic mass is 9.64. The van der Waals surface area contributed by atoms with Gasteiger partial charge in [-0.05, 0) is 79.2 Å². The number of fused-ring (bicyclic) bond motifs is 4. The molecule has 3 aromatic rings. The second kappa shape index (κ2) is 10.5. The molecule has 5 rings (SSSR count). The molecule has 0 amide bonds. The van der Waals surface area contributed by atoms with E-state index in [1.54, 1.807) is 13.2 Å². The standard InChI is InChI=1S/C31H39N3O4S/c1-19-9-7-10-20(2)28(19)26-16-27-33-30(32-26)34-39(35,36)25-12-8-11-21(15-25)29(22-13-24(14-22)37-6)23(18-38-27)17-31(3,4)5/h7-12,15-16,22-24,29H,13-14,17-18H2,1-6H3,(H,32,33,34)/t22?,23-,24?,29?/m1/s1. The first-order valence-corrected chi connectivity index (χ1v) is 15.2. The number of nitrogens with zero attached hydrogens (tertiary/aromatic N) is 2. The lowest BCUT2D eigenvalue weighted by Crippen LogP contribution is -2.39. The van der Waals surface area contributed by atoms with Crippen LogP contribution in [0.15, 0.2) is 53.4 Å². The van der Waals surface area contributed by atoms with Gasteiger partial charge in [-0.25, -0.2) is 18.1 Å². The highest BCUT2D eigenvalue weighted by atomic mass is 32.2. The number of methoxy groups -OCH3 is 1. The van der Waals surface area contributed by atoms with Gasteiger partial charge in [0.15, 0.2) is 0 Å². The van der Waals surface area contributed by atoms with Crippen molar-refractivity contribution in [2.24, 2.45) is 17.3 Å². The summed E-state index contributed by atoms with van der Waals surface area (Å²) in [7, 11) is -2.17. The van der Waals surface area contributed by atoms with Crippen LogP contribution in [0.1, 0.15) is 62.6 Å². The third-order valence-corrected chi connectivity index (χ3v) is 9.34. The number of anilines is 1. The Morgan fingerprint density at radius 2 is 1.72 bits per heavy atom. The Kier molecular flexibility index (Phi) is 7.46. The molecule has 2 atom stereocenters. The van der Waals surface area contributed by atoms with Crippen molar-refractivity contribution < 1.29 is 17.9 Å². The lowest BCUT2D eigenvalue weighted by Gasteiger charge is -2.44. The van der Waals surface area contributed by atoms with Gasteiger partial charge in [-0.2, -0.15) is 4.98 Å². The Bertz CT molecular complexity index is 1440. The van der Waals surface area contributed by atoms with Crippen LogP contribution in [-0.4, -0.2) is 38.2 Å². The Morgan fingerprint density at radius 1 is 1.03 bits per heavy atom. The fourth-order valence-electron chi connectivity index (χ4n) is 6.25. The van der Waals surface area contributed by atoms with Gasteiger partial charge in [0.05, 0.1) is 23.3 Å². The van der Waals surface area contributed by atoms with E-state index < -0.39 is 10.0 Å². The molecule has 2 aliphatic rings. The highest BCUT2D eigenvalue weighted by Crippen LogP contribution is 2.48. The van der Waals surface area contributed by atoms with E-state index in [0.717, 1.165) is 41.5 Å². The zero-order valence-corrected chi connectivity index (χ0v) is 24.5. The predicted octanol–water partition coefficient (Wildman–Crippen LogP) is 6.51. The summed E-state index contributed by atoms with van der Waals surface area (Å²) < 4.78 is 41.9. The Balaban J connectivity index is 1.65. The smallest absolute Gasteiger partial charge is 0.264 e. The largest absolute Gasteiger partial charge is 0.477 e. The van der Waals surface area contributed by atoms with Gasteiger partial charge in [-0.1, -0.05) is 51.1 Å². The molecule has 1 unspecified atom stereocenters. The minimum Gasteiger partial charge on any atom is -0.477 e. The highest BCUT2D eigenvalue weighted by Gasteiger charge is 2.41. The summed E-state index contributed by atoms with van der Waals surface area (Å²) in [5.41, 5.74) is 4.75. The number of sulfonamides is 1. The average Bonchev–Trinajstić information content (AvgIpc) is 2.82. The topological polar surface area (TPSA) is 90.4 Å². The molecule has 0 radical (unpaired) electrons. The maximum Gasteiger partial charge on any atom is 0.264 e. The normalized spacial score (nSPS) is 24.4. The fourth-order valence-corrected chi connectivity index (χ4v) is 7.25. The van der Waals surface area contributed by atoms with Crippen LogP contribution in [0.4, 0.5) is 5.95 Å². The first-order chi connectivity index (χ1) is 18.4. The molecular formula is C31H39N3O4S. The van der Waals surface area contributed by atoms with Crippen LogP contribution in [0.25, 0.3) is 11.3 Å². The fraction of sp³-hybridized carbons (Fsp3) is 0.484. The number of aromatic nitrogens is 2. The van der Waals surface area contributed by atoms with Gasteiger partial charge in [0.2, 0.25) is 11.8 Å². The molecule has 4 bridgehead atoms. The summed E-state index contributed by atoms with van der Waals surface area (Å²) in [5.74, 6) is 1.03. The number of nitrogens with one attached hydrogen (secondary N) is 1. The van der Waals surface area contributed by atoms with Crippen LogP contribution in [0.5, 0.6) is 5.88 Å². The number of ether oxygens (including phenoxy) is 2.